The van der Waals surface area contributed by atoms with Gasteiger partial charge < -0.3 is 20.5 Å². The first-order valence-electron chi connectivity index (χ1n) is 8.24. The molecule has 0 fully saturated rings. The lowest BCUT2D eigenvalue weighted by molar-refractivity contribution is 0.0993. The van der Waals surface area contributed by atoms with Crippen LogP contribution in [0.1, 0.15) is 37.7 Å². The number of likely N-dealkylation sites (N-methyl/N-ethyl adjacent to an activating group) is 1. The average molecular weight is 355 g/mol. The Hall–Kier alpha value is -3.16. The van der Waals surface area contributed by atoms with Gasteiger partial charge in [-0.1, -0.05) is 6.07 Å². The molecular formula is C18H21N5O3. The van der Waals surface area contributed by atoms with Gasteiger partial charge >= 0.3 is 0 Å². The van der Waals surface area contributed by atoms with Crippen molar-refractivity contribution in [3.63, 3.8) is 0 Å². The van der Waals surface area contributed by atoms with Gasteiger partial charge in [0.05, 0.1) is 5.69 Å². The Labute approximate surface area is 150 Å². The molecule has 8 nitrogen and oxygen atoms in total. The predicted octanol–water partition coefficient (Wildman–Crippen LogP) is 0.741. The van der Waals surface area contributed by atoms with Crippen LogP contribution in [0, 0.1) is 13.8 Å². The number of hydrogen-bond acceptors (Lipinski definition) is 5. The fraction of sp³-hybridized carbons (Fsp3) is 0.333. The van der Waals surface area contributed by atoms with Crippen LogP contribution < -0.4 is 21.5 Å². The summed E-state index contributed by atoms with van der Waals surface area (Å²) in [6.07, 6.45) is 0.904. The van der Waals surface area contributed by atoms with E-state index in [2.05, 4.69) is 10.3 Å². The highest BCUT2D eigenvalue weighted by Gasteiger charge is 2.23. The van der Waals surface area contributed by atoms with E-state index in [1.165, 1.54) is 11.6 Å². The summed E-state index contributed by atoms with van der Waals surface area (Å²) < 4.78 is 1.30. The van der Waals surface area contributed by atoms with E-state index in [1.807, 2.05) is 18.0 Å². The highest BCUT2D eigenvalue weighted by Crippen LogP contribution is 2.25. The molecule has 26 heavy (non-hydrogen) atoms. The number of rotatable bonds is 3. The van der Waals surface area contributed by atoms with Crippen LogP contribution in [0.3, 0.4) is 0 Å². The molecule has 0 aromatic carbocycles. The fourth-order valence-corrected chi connectivity index (χ4v) is 3.22. The zero-order valence-electron chi connectivity index (χ0n) is 15.2. The molecule has 3 heterocycles. The lowest BCUT2D eigenvalue weighted by Crippen LogP contribution is -2.32. The number of fused-ring (bicyclic) bond motifs is 1. The van der Waals surface area contributed by atoms with E-state index in [0.717, 1.165) is 24.3 Å². The maximum atomic E-state index is 12.7. The van der Waals surface area contributed by atoms with Gasteiger partial charge in [-0.2, -0.15) is 0 Å². The Bertz CT molecular complexity index is 993. The minimum Gasteiger partial charge on any atom is -0.365 e. The van der Waals surface area contributed by atoms with Gasteiger partial charge in [-0.3, -0.25) is 14.4 Å². The molecule has 3 N–H and O–H groups in total. The lowest BCUT2D eigenvalue weighted by Gasteiger charge is -2.17. The molecule has 0 saturated heterocycles. The highest BCUT2D eigenvalue weighted by molar-refractivity contribution is 6.05. The molecule has 0 radical (unpaired) electrons. The molecule has 2 aromatic heterocycles. The topological polar surface area (TPSA) is 110 Å². The number of carbonyl (C=O) groups excluding carboxylic acids is 2. The average Bonchev–Trinajstić information content (AvgIpc) is 2.97. The number of primary amides is 1. The van der Waals surface area contributed by atoms with E-state index >= 15 is 0 Å². The van der Waals surface area contributed by atoms with Crippen molar-refractivity contribution in [1.82, 2.24) is 9.55 Å². The van der Waals surface area contributed by atoms with Crippen molar-refractivity contribution < 1.29 is 9.59 Å². The third kappa shape index (κ3) is 2.73. The molecule has 1 aliphatic rings. The Morgan fingerprint density at radius 1 is 1.23 bits per heavy atom. The van der Waals surface area contributed by atoms with Gasteiger partial charge in [-0.15, -0.1) is 0 Å². The van der Waals surface area contributed by atoms with Crippen molar-refractivity contribution in [3.8, 4) is 0 Å². The van der Waals surface area contributed by atoms with Gasteiger partial charge in [0.25, 0.3) is 17.4 Å². The number of nitrogens with one attached hydrogen (secondary N) is 1. The monoisotopic (exact) mass is 355 g/mol. The molecule has 0 atom stereocenters. The Balaban J connectivity index is 2.02. The van der Waals surface area contributed by atoms with Crippen LogP contribution in [-0.4, -0.2) is 35.0 Å². The molecule has 0 bridgehead atoms. The molecule has 0 spiro atoms. The van der Waals surface area contributed by atoms with E-state index in [9.17, 15) is 14.4 Å². The van der Waals surface area contributed by atoms with Gasteiger partial charge in [-0.05, 0) is 37.5 Å². The summed E-state index contributed by atoms with van der Waals surface area (Å²) in [4.78, 5) is 43.1. The number of anilines is 2. The van der Waals surface area contributed by atoms with Crippen molar-refractivity contribution >= 4 is 23.3 Å². The molecule has 0 saturated carbocycles. The Morgan fingerprint density at radius 3 is 2.58 bits per heavy atom. The molecule has 0 aliphatic carbocycles. The Kier molecular flexibility index (Phi) is 4.27. The first kappa shape index (κ1) is 17.7. The molecule has 0 unspecified atom stereocenters. The van der Waals surface area contributed by atoms with Gasteiger partial charge in [0, 0.05) is 26.3 Å². The van der Waals surface area contributed by atoms with Crippen LogP contribution in [0.25, 0.3) is 0 Å². The number of carbonyl (C=O) groups is 2. The minimum absolute atomic E-state index is 0.130. The van der Waals surface area contributed by atoms with Crippen LogP contribution in [0.5, 0.6) is 0 Å². The van der Waals surface area contributed by atoms with Crippen LogP contribution >= 0.6 is 0 Å². The van der Waals surface area contributed by atoms with Crippen molar-refractivity contribution in [3.05, 3.63) is 50.6 Å². The SMILES string of the molecule is Cc1c(NC(=O)c2ccc3c(n2)N(C)CC3)c(C)n(C)c(=O)c1C(N)=O. The van der Waals surface area contributed by atoms with Crippen molar-refractivity contribution in [1.29, 1.82) is 0 Å². The highest BCUT2D eigenvalue weighted by atomic mass is 16.2. The molecule has 3 rings (SSSR count). The smallest absolute Gasteiger partial charge is 0.274 e. The Morgan fingerprint density at radius 2 is 1.92 bits per heavy atom. The van der Waals surface area contributed by atoms with Crippen LogP contribution in [-0.2, 0) is 13.5 Å². The summed E-state index contributed by atoms with van der Waals surface area (Å²) in [5, 5.41) is 2.78. The minimum atomic E-state index is -0.823. The summed E-state index contributed by atoms with van der Waals surface area (Å²) >= 11 is 0. The molecular weight excluding hydrogens is 334 g/mol. The summed E-state index contributed by atoms with van der Waals surface area (Å²) in [6, 6.07) is 3.57. The number of amides is 2. The van der Waals surface area contributed by atoms with Gasteiger partial charge in [0.1, 0.15) is 17.1 Å². The van der Waals surface area contributed by atoms with Crippen LogP contribution in [0.2, 0.25) is 0 Å². The largest absolute Gasteiger partial charge is 0.365 e. The molecule has 2 amide bonds. The zero-order valence-corrected chi connectivity index (χ0v) is 15.2. The number of aromatic nitrogens is 2. The van der Waals surface area contributed by atoms with Gasteiger partial charge in [-0.25, -0.2) is 4.98 Å². The van der Waals surface area contributed by atoms with Crippen molar-refractivity contribution in [2.45, 2.75) is 20.3 Å². The van der Waals surface area contributed by atoms with Gasteiger partial charge in [0.2, 0.25) is 0 Å². The zero-order chi connectivity index (χ0) is 19.2. The lowest BCUT2D eigenvalue weighted by atomic mass is 10.1. The number of pyridine rings is 2. The predicted molar refractivity (Wildman–Crippen MR) is 98.8 cm³/mol. The van der Waals surface area contributed by atoms with Crippen LogP contribution in [0.15, 0.2) is 16.9 Å². The van der Waals surface area contributed by atoms with E-state index < -0.39 is 17.4 Å². The molecule has 1 aliphatic heterocycles. The fourth-order valence-electron chi connectivity index (χ4n) is 3.22. The van der Waals surface area contributed by atoms with E-state index in [1.54, 1.807) is 19.9 Å². The van der Waals surface area contributed by atoms with E-state index in [0.29, 0.717) is 16.9 Å². The quantitative estimate of drug-likeness (QED) is 0.844. The molecule has 2 aromatic rings. The summed E-state index contributed by atoms with van der Waals surface area (Å²) in [6.45, 7) is 4.15. The van der Waals surface area contributed by atoms with E-state index in [-0.39, 0.29) is 11.3 Å². The third-order valence-electron chi connectivity index (χ3n) is 4.89. The third-order valence-corrected chi connectivity index (χ3v) is 4.89. The van der Waals surface area contributed by atoms with Crippen molar-refractivity contribution in [2.75, 3.05) is 23.8 Å². The number of nitrogens with zero attached hydrogens (tertiary/aromatic N) is 3. The summed E-state index contributed by atoms with van der Waals surface area (Å²) in [5.41, 5.74) is 7.37. The number of hydrogen-bond donors (Lipinski definition) is 2. The second kappa shape index (κ2) is 6.29. The normalized spacial score (nSPS) is 12.8. The first-order valence-corrected chi connectivity index (χ1v) is 8.24. The standard InChI is InChI=1S/C18H21N5O3/c1-9-13(15(19)24)18(26)23(4)10(2)14(9)21-17(25)12-6-5-11-7-8-22(3)16(11)20-12/h5-6H,7-8H2,1-4H3,(H2,19,24)(H,21,25). The van der Waals surface area contributed by atoms with Crippen LogP contribution in [0.4, 0.5) is 11.5 Å². The second-order valence-corrected chi connectivity index (χ2v) is 6.49. The number of nitrogens with two attached hydrogens (primary N) is 1. The van der Waals surface area contributed by atoms with E-state index in [4.69, 9.17) is 5.73 Å². The molecule has 136 valence electrons. The van der Waals surface area contributed by atoms with Gasteiger partial charge in [0.15, 0.2) is 0 Å². The second-order valence-electron chi connectivity index (χ2n) is 6.49. The maximum absolute atomic E-state index is 12.7. The maximum Gasteiger partial charge on any atom is 0.274 e. The molecule has 8 heteroatoms. The summed E-state index contributed by atoms with van der Waals surface area (Å²) in [5.74, 6) is -0.436. The van der Waals surface area contributed by atoms with Crippen molar-refractivity contribution in [2.24, 2.45) is 12.8 Å². The first-order chi connectivity index (χ1) is 12.2. The summed E-state index contributed by atoms with van der Waals surface area (Å²) in [7, 11) is 3.46.